The zero-order valence-electron chi connectivity index (χ0n) is 15.5. The Morgan fingerprint density at radius 1 is 1.19 bits per heavy atom. The quantitative estimate of drug-likeness (QED) is 0.705. The minimum Gasteiger partial charge on any atom is -0.478 e. The van der Waals surface area contributed by atoms with Crippen LogP contribution in [0.15, 0.2) is 59.6 Å². The number of amides is 1. The van der Waals surface area contributed by atoms with Crippen LogP contribution in [0.5, 0.6) is 5.75 Å². The lowest BCUT2D eigenvalue weighted by molar-refractivity contribution is -0.141. The highest BCUT2D eigenvalue weighted by Gasteiger charge is 2.37. The Labute approximate surface area is 169 Å². The summed E-state index contributed by atoms with van der Waals surface area (Å²) in [5, 5.41) is 1.40. The van der Waals surface area contributed by atoms with Crippen LogP contribution in [0, 0.1) is 0 Å². The van der Waals surface area contributed by atoms with Crippen molar-refractivity contribution in [2.75, 3.05) is 12.3 Å². The van der Waals surface area contributed by atoms with Crippen molar-refractivity contribution in [2.24, 2.45) is 4.99 Å². The molecular weight excluding hydrogens is 380 g/mol. The maximum atomic E-state index is 13.2. The van der Waals surface area contributed by atoms with Gasteiger partial charge in [-0.3, -0.25) is 14.7 Å². The van der Waals surface area contributed by atoms with E-state index in [1.54, 1.807) is 54.8 Å². The van der Waals surface area contributed by atoms with E-state index < -0.39 is 5.60 Å². The summed E-state index contributed by atoms with van der Waals surface area (Å²) in [5.41, 5.74) is 0.124. The van der Waals surface area contributed by atoms with E-state index in [4.69, 9.17) is 21.3 Å². The van der Waals surface area contributed by atoms with E-state index in [2.05, 4.69) is 0 Å². The standard InChI is InChI=1S/C21H23ClN2O2S/c1-21(2,26-18-11-9-17(22)10-12-18)19(25)24-13-6-14-27-20(24)23-15-16-7-4-3-5-8-16/h3-5,7-12H,6,13-15H2,1-2H3. The fourth-order valence-corrected chi connectivity index (χ4v) is 3.86. The van der Waals surface area contributed by atoms with Crippen LogP contribution in [0.4, 0.5) is 0 Å². The molecule has 1 aliphatic rings. The molecule has 3 rings (SSSR count). The third-order valence-electron chi connectivity index (χ3n) is 4.17. The van der Waals surface area contributed by atoms with Gasteiger partial charge in [-0.2, -0.15) is 0 Å². The number of amidine groups is 1. The molecule has 0 spiro atoms. The van der Waals surface area contributed by atoms with Gasteiger partial charge < -0.3 is 4.74 Å². The van der Waals surface area contributed by atoms with Crippen molar-refractivity contribution in [3.8, 4) is 5.75 Å². The Balaban J connectivity index is 1.74. The molecule has 6 heteroatoms. The molecule has 0 unspecified atom stereocenters. The molecule has 0 saturated carbocycles. The maximum Gasteiger partial charge on any atom is 0.272 e. The predicted molar refractivity (Wildman–Crippen MR) is 113 cm³/mol. The first-order chi connectivity index (χ1) is 13.0. The van der Waals surface area contributed by atoms with E-state index >= 15 is 0 Å². The van der Waals surface area contributed by atoms with Gasteiger partial charge in [-0.15, -0.1) is 0 Å². The number of nitrogens with zero attached hydrogens (tertiary/aromatic N) is 2. The summed E-state index contributed by atoms with van der Waals surface area (Å²) in [7, 11) is 0. The van der Waals surface area contributed by atoms with E-state index in [1.165, 1.54) is 0 Å². The van der Waals surface area contributed by atoms with E-state index in [0.717, 1.165) is 22.9 Å². The lowest BCUT2D eigenvalue weighted by Gasteiger charge is -2.34. The summed E-state index contributed by atoms with van der Waals surface area (Å²) < 4.78 is 5.97. The number of thioether (sulfide) groups is 1. The van der Waals surface area contributed by atoms with E-state index in [1.807, 2.05) is 30.3 Å². The van der Waals surface area contributed by atoms with Crippen LogP contribution in [0.3, 0.4) is 0 Å². The first-order valence-electron chi connectivity index (χ1n) is 8.93. The van der Waals surface area contributed by atoms with Gasteiger partial charge in [0.2, 0.25) is 0 Å². The summed E-state index contributed by atoms with van der Waals surface area (Å²) in [6.45, 7) is 4.80. The molecule has 0 bridgehead atoms. The summed E-state index contributed by atoms with van der Waals surface area (Å²) in [5.74, 6) is 1.50. The number of rotatable bonds is 5. The molecule has 0 atom stereocenters. The zero-order valence-corrected chi connectivity index (χ0v) is 17.1. The molecule has 27 heavy (non-hydrogen) atoms. The molecule has 0 aromatic heterocycles. The van der Waals surface area contributed by atoms with E-state index in [-0.39, 0.29) is 5.91 Å². The molecule has 1 aliphatic heterocycles. The van der Waals surface area contributed by atoms with Gasteiger partial charge in [0.25, 0.3) is 5.91 Å². The lowest BCUT2D eigenvalue weighted by atomic mass is 10.1. The van der Waals surface area contributed by atoms with Crippen molar-refractivity contribution in [3.05, 3.63) is 65.2 Å². The number of aliphatic imine (C=N–C) groups is 1. The number of ether oxygens (including phenoxy) is 1. The summed E-state index contributed by atoms with van der Waals surface area (Å²) in [6.07, 6.45) is 0.942. The van der Waals surface area contributed by atoms with Crippen LogP contribution in [0.1, 0.15) is 25.8 Å². The van der Waals surface area contributed by atoms with Gasteiger partial charge in [-0.05, 0) is 50.1 Å². The first-order valence-corrected chi connectivity index (χ1v) is 10.3. The fraction of sp³-hybridized carbons (Fsp3) is 0.333. The zero-order chi connectivity index (χ0) is 19.3. The first kappa shape index (κ1) is 19.8. The van der Waals surface area contributed by atoms with Crippen molar-refractivity contribution in [2.45, 2.75) is 32.4 Å². The number of benzene rings is 2. The molecule has 1 saturated heterocycles. The lowest BCUT2D eigenvalue weighted by Crippen LogP contribution is -2.52. The predicted octanol–water partition coefficient (Wildman–Crippen LogP) is 5.02. The van der Waals surface area contributed by atoms with Crippen molar-refractivity contribution in [3.63, 3.8) is 0 Å². The van der Waals surface area contributed by atoms with Crippen LogP contribution in [0.2, 0.25) is 5.02 Å². The molecule has 1 fully saturated rings. The average Bonchev–Trinajstić information content (AvgIpc) is 2.68. The molecule has 1 amide bonds. The summed E-state index contributed by atoms with van der Waals surface area (Å²) in [4.78, 5) is 19.7. The van der Waals surface area contributed by atoms with E-state index in [9.17, 15) is 4.79 Å². The Kier molecular flexibility index (Phi) is 6.45. The van der Waals surface area contributed by atoms with Crippen LogP contribution in [-0.4, -0.2) is 33.9 Å². The third-order valence-corrected chi connectivity index (χ3v) is 5.53. The summed E-state index contributed by atoms with van der Waals surface area (Å²) in [6, 6.07) is 17.1. The van der Waals surface area contributed by atoms with Crippen molar-refractivity contribution in [1.29, 1.82) is 0 Å². The second kappa shape index (κ2) is 8.81. The molecule has 4 nitrogen and oxygen atoms in total. The van der Waals surface area contributed by atoms with Gasteiger partial charge in [-0.1, -0.05) is 53.7 Å². The molecule has 2 aromatic rings. The monoisotopic (exact) mass is 402 g/mol. The van der Waals surface area contributed by atoms with E-state index in [0.29, 0.717) is 23.9 Å². The Morgan fingerprint density at radius 2 is 1.89 bits per heavy atom. The smallest absolute Gasteiger partial charge is 0.272 e. The van der Waals surface area contributed by atoms with Crippen LogP contribution in [-0.2, 0) is 11.3 Å². The normalized spacial score (nSPS) is 16.4. The van der Waals surface area contributed by atoms with Gasteiger partial charge in [-0.25, -0.2) is 0 Å². The minimum absolute atomic E-state index is 0.0866. The number of carbonyl (C=O) groups is 1. The Morgan fingerprint density at radius 3 is 2.59 bits per heavy atom. The van der Waals surface area contributed by atoms with Gasteiger partial charge in [0.1, 0.15) is 5.75 Å². The van der Waals surface area contributed by atoms with Crippen molar-refractivity contribution < 1.29 is 9.53 Å². The molecule has 142 valence electrons. The summed E-state index contributed by atoms with van der Waals surface area (Å²) >= 11 is 7.55. The van der Waals surface area contributed by atoms with Gasteiger partial charge in [0.05, 0.1) is 6.54 Å². The minimum atomic E-state index is -1.00. The number of halogens is 1. The van der Waals surface area contributed by atoms with Crippen LogP contribution >= 0.6 is 23.4 Å². The van der Waals surface area contributed by atoms with Crippen LogP contribution < -0.4 is 4.74 Å². The van der Waals surface area contributed by atoms with Gasteiger partial charge in [0.15, 0.2) is 10.8 Å². The largest absolute Gasteiger partial charge is 0.478 e. The Hall–Kier alpha value is -1.98. The van der Waals surface area contributed by atoms with Gasteiger partial charge in [0, 0.05) is 17.3 Å². The SMILES string of the molecule is CC(C)(Oc1ccc(Cl)cc1)C(=O)N1CCCSC1=NCc1ccccc1. The fourth-order valence-electron chi connectivity index (χ4n) is 2.79. The number of hydrogen-bond donors (Lipinski definition) is 0. The average molecular weight is 403 g/mol. The van der Waals surface area contributed by atoms with Crippen molar-refractivity contribution >= 4 is 34.4 Å². The van der Waals surface area contributed by atoms with Gasteiger partial charge >= 0.3 is 0 Å². The molecule has 0 aliphatic carbocycles. The second-order valence-corrected chi connectivity index (χ2v) is 8.31. The molecule has 1 heterocycles. The Bertz CT molecular complexity index is 807. The van der Waals surface area contributed by atoms with Crippen LogP contribution in [0.25, 0.3) is 0 Å². The highest BCUT2D eigenvalue weighted by atomic mass is 35.5. The number of hydrogen-bond acceptors (Lipinski definition) is 4. The molecule has 0 N–H and O–H groups in total. The molecule has 0 radical (unpaired) electrons. The van der Waals surface area contributed by atoms with Crippen molar-refractivity contribution in [1.82, 2.24) is 4.90 Å². The second-order valence-electron chi connectivity index (χ2n) is 6.81. The highest BCUT2D eigenvalue weighted by Crippen LogP contribution is 2.26. The molecular formula is C21H23ClN2O2S. The number of carbonyl (C=O) groups excluding carboxylic acids is 1. The highest BCUT2D eigenvalue weighted by molar-refractivity contribution is 8.13. The molecule has 2 aromatic carbocycles. The third kappa shape index (κ3) is 5.27. The topological polar surface area (TPSA) is 41.9 Å². The maximum absolute atomic E-state index is 13.2.